The first-order valence-corrected chi connectivity index (χ1v) is 29.9. The van der Waals surface area contributed by atoms with Crippen molar-refractivity contribution in [2.45, 2.75) is 50.0 Å². The lowest BCUT2D eigenvalue weighted by molar-refractivity contribution is -0.938. The van der Waals surface area contributed by atoms with Gasteiger partial charge in [0.05, 0.1) is 58.2 Å². The summed E-state index contributed by atoms with van der Waals surface area (Å²) in [7, 11) is 0. The third-order valence-corrected chi connectivity index (χ3v) is 17.5. The van der Waals surface area contributed by atoms with E-state index < -0.39 is 18.1 Å². The number of piperidine rings is 6. The van der Waals surface area contributed by atoms with Crippen molar-refractivity contribution in [3.8, 4) is 0 Å². The van der Waals surface area contributed by atoms with Gasteiger partial charge in [-0.2, -0.15) is 0 Å². The van der Waals surface area contributed by atoms with Crippen molar-refractivity contribution in [3.63, 3.8) is 0 Å². The number of halogens is 2. The molecule has 0 saturated carbocycles. The molecule has 8 aliphatic heterocycles. The number of carbonyl (C=O) groups is 6. The van der Waals surface area contributed by atoms with Gasteiger partial charge in [-0.05, 0) is 59.7 Å². The van der Waals surface area contributed by atoms with Gasteiger partial charge in [0.15, 0.2) is 24.3 Å². The molecule has 8 saturated heterocycles. The predicted molar refractivity (Wildman–Crippen MR) is 322 cm³/mol. The minimum Gasteiger partial charge on any atom is -1.00 e. The van der Waals surface area contributed by atoms with E-state index in [4.69, 9.17) is 24.1 Å². The summed E-state index contributed by atoms with van der Waals surface area (Å²) in [4.78, 5) is 79.5. The molecule has 1 amide bonds. The van der Waals surface area contributed by atoms with Crippen molar-refractivity contribution in [1.82, 2.24) is 10.2 Å². The molecule has 0 unspecified atom stereocenters. The van der Waals surface area contributed by atoms with E-state index in [2.05, 4.69) is 16.0 Å². The van der Waals surface area contributed by atoms with Crippen LogP contribution in [-0.4, -0.2) is 172 Å². The summed E-state index contributed by atoms with van der Waals surface area (Å²) in [6, 6.07) is 50.4. The third kappa shape index (κ3) is 17.6. The van der Waals surface area contributed by atoms with Gasteiger partial charge in [0.2, 0.25) is 11.6 Å². The lowest BCUT2D eigenvalue weighted by atomic mass is 9.82. The Balaban J connectivity index is 0.000000202. The molecule has 0 aliphatic carbocycles. The fourth-order valence-electron chi connectivity index (χ4n) is 12.7. The monoisotopic (exact) mass is 1310 g/mol. The Bertz CT molecular complexity index is 3170. The van der Waals surface area contributed by atoms with Gasteiger partial charge in [-0.15, -0.1) is 0 Å². The third-order valence-electron chi connectivity index (χ3n) is 17.5. The van der Waals surface area contributed by atoms with Gasteiger partial charge < -0.3 is 87.8 Å². The van der Waals surface area contributed by atoms with Crippen molar-refractivity contribution in [1.29, 1.82) is 0 Å². The molecule has 4 atom stereocenters. The van der Waals surface area contributed by atoms with Crippen LogP contribution >= 0.6 is 0 Å². The van der Waals surface area contributed by atoms with E-state index in [0.717, 1.165) is 101 Å². The highest BCUT2D eigenvalue weighted by Crippen LogP contribution is 2.39. The molecule has 0 radical (unpaired) electrons. The summed E-state index contributed by atoms with van der Waals surface area (Å²) in [5.74, 6) is -1.02. The van der Waals surface area contributed by atoms with Gasteiger partial charge in [0.1, 0.15) is 26.2 Å². The lowest BCUT2D eigenvalue weighted by Crippen LogP contribution is -3.00. The summed E-state index contributed by atoms with van der Waals surface area (Å²) in [5, 5.41) is 19.0. The molecule has 4 bridgehead atoms. The number of fused-ring (bicyclic) bond motifs is 6. The Labute approximate surface area is 530 Å². The molecule has 460 valence electrons. The Morgan fingerprint density at radius 1 is 0.494 bits per heavy atom. The van der Waals surface area contributed by atoms with Crippen LogP contribution in [0.25, 0.3) is 0 Å². The maximum atomic E-state index is 13.6. The molecule has 8 fully saturated rings. The molecular formula is C68H78Br2N6O11. The Kier molecular flexibility index (Phi) is 24.0. The number of carboxylic acid groups (broad SMARTS) is 1. The molecule has 19 heteroatoms. The van der Waals surface area contributed by atoms with Crippen molar-refractivity contribution >= 4 is 46.8 Å². The first kappa shape index (κ1) is 65.9. The molecule has 0 spiro atoms. The number of rotatable bonds is 18. The van der Waals surface area contributed by atoms with Crippen LogP contribution in [0.4, 0.5) is 11.4 Å². The van der Waals surface area contributed by atoms with E-state index in [1.165, 1.54) is 12.1 Å². The zero-order valence-corrected chi connectivity index (χ0v) is 52.1. The summed E-state index contributed by atoms with van der Waals surface area (Å²) in [6.07, 6.45) is 3.20. The number of nitrogens with one attached hydrogen (secondary N) is 3. The number of para-hydroxylation sites is 2. The van der Waals surface area contributed by atoms with Gasteiger partial charge in [-0.1, -0.05) is 121 Å². The van der Waals surface area contributed by atoms with Crippen molar-refractivity contribution in [2.75, 3.05) is 116 Å². The average molecular weight is 1320 g/mol. The number of Topliss-reactive ketones (excluding diaryl/α,β-unsaturated/α-hetero) is 2. The van der Waals surface area contributed by atoms with Crippen LogP contribution in [0, 0.1) is 11.8 Å². The van der Waals surface area contributed by atoms with Crippen molar-refractivity contribution in [2.24, 2.45) is 11.8 Å². The van der Waals surface area contributed by atoms with Gasteiger partial charge in [0.25, 0.3) is 5.91 Å². The first-order valence-electron chi connectivity index (χ1n) is 29.9. The number of carbonyl (C=O) groups excluding carboxylic acids is 5. The maximum absolute atomic E-state index is 13.6. The number of nitrogens with zero attached hydrogens (tertiary/aromatic N) is 3. The summed E-state index contributed by atoms with van der Waals surface area (Å²) in [5.41, 5.74) is 5.24. The number of ether oxygens (including phenoxy) is 4. The standard InChI is InChI=1S/C34H38N3O5.C30H30N2O5.C4H9NO.2BrH/c38-30(25-11-13-28(14-12-25)33(39)36-17-21-41-22-18-36)23-37-19-15-26(16-20-37)31(24-37)42-34(40)32(27-7-3-1-4-8-27)35-29-9-5-2-6-10-29;33-26(21-11-13-24(14-12-21)29(34)35)19-32-17-15-22(16-18-32)27(20-32)37-30(36)28(23-7-3-1-4-8-23)31-25-9-5-2-6-10-25;1-3-6-4-2-5-1;;/h1-14,26,31-32,35H,15-24H2;1-14,22,27-28,31H,15-20H2;5H,1-4H2;2*1H/q+1;;;;/p-1/t26?,31-,32+,37?;22?,27-,28+,32?;;;/m00.../s1. The number of morpholine rings is 2. The zero-order chi connectivity index (χ0) is 59.0. The van der Waals surface area contributed by atoms with Crippen LogP contribution in [0.2, 0.25) is 0 Å². The molecule has 4 N–H and O–H groups in total. The summed E-state index contributed by atoms with van der Waals surface area (Å²) < 4.78 is 24.0. The molecule has 17 nitrogen and oxygen atoms in total. The smallest absolute Gasteiger partial charge is 0.335 e. The fourth-order valence-corrected chi connectivity index (χ4v) is 12.7. The first-order chi connectivity index (χ1) is 41.4. The van der Waals surface area contributed by atoms with Crippen LogP contribution in [0.1, 0.15) is 90.3 Å². The quantitative estimate of drug-likeness (QED) is 0.0557. The number of quaternary nitrogens is 2. The number of benzene rings is 6. The number of esters is 2. The Morgan fingerprint density at radius 2 is 0.851 bits per heavy atom. The van der Waals surface area contributed by atoms with Crippen LogP contribution in [0.3, 0.4) is 0 Å². The van der Waals surface area contributed by atoms with E-state index in [1.54, 1.807) is 41.3 Å². The summed E-state index contributed by atoms with van der Waals surface area (Å²) >= 11 is 0. The highest BCUT2D eigenvalue weighted by atomic mass is 79.9. The minimum atomic E-state index is -1.01. The van der Waals surface area contributed by atoms with Crippen LogP contribution in [0.5, 0.6) is 0 Å². The highest BCUT2D eigenvalue weighted by Gasteiger charge is 2.50. The van der Waals surface area contributed by atoms with Crippen molar-refractivity contribution < 1.29 is 95.8 Å². The molecule has 8 heterocycles. The summed E-state index contributed by atoms with van der Waals surface area (Å²) in [6.45, 7) is 11.6. The van der Waals surface area contributed by atoms with E-state index in [1.807, 2.05) is 121 Å². The number of amides is 1. The second-order valence-electron chi connectivity index (χ2n) is 23.2. The number of ketones is 2. The SMILES string of the molecule is C1COCCN1.O=C(C[N+]12CCC(CC1)[C@@H](OC(=O)[C@H](Nc1ccccc1)c1ccccc1)C2)c1ccc(C(=O)N2CCOCC2)cc1.O=C(O)c1ccc(C(=O)C[N+]23CCC(CC2)[C@@H](OC(=O)[C@H](Nc2ccccc2)c2ccccc2)C3)cc1.[Br-].[Br-]. The second-order valence-corrected chi connectivity index (χ2v) is 23.2. The zero-order valence-electron chi connectivity index (χ0n) is 48.9. The van der Waals surface area contributed by atoms with E-state index >= 15 is 0 Å². The largest absolute Gasteiger partial charge is 1.00 e. The molecule has 0 aromatic heterocycles. The normalized spacial score (nSPS) is 23.1. The van der Waals surface area contributed by atoms with Gasteiger partial charge in [-0.3, -0.25) is 14.4 Å². The van der Waals surface area contributed by atoms with E-state index in [-0.39, 0.29) is 81.1 Å². The molecular weight excluding hydrogens is 1240 g/mol. The van der Waals surface area contributed by atoms with Gasteiger partial charge >= 0.3 is 17.9 Å². The lowest BCUT2D eigenvalue weighted by Gasteiger charge is -2.51. The van der Waals surface area contributed by atoms with E-state index in [9.17, 15) is 28.8 Å². The second kappa shape index (κ2) is 31.7. The Morgan fingerprint density at radius 3 is 1.21 bits per heavy atom. The Hall–Kier alpha value is -7.10. The number of anilines is 2. The van der Waals surface area contributed by atoms with Crippen LogP contribution in [-0.2, 0) is 28.5 Å². The van der Waals surface area contributed by atoms with Gasteiger partial charge in [-0.25, -0.2) is 14.4 Å². The molecule has 8 aliphatic rings. The topological polar surface area (TPSA) is 199 Å². The molecule has 6 aromatic carbocycles. The fraction of sp³-hybridized carbons (Fsp3) is 0.382. The van der Waals surface area contributed by atoms with Crippen LogP contribution < -0.4 is 49.9 Å². The van der Waals surface area contributed by atoms with E-state index in [0.29, 0.717) is 90.0 Å². The number of hydrogen-bond acceptors (Lipinski definition) is 13. The van der Waals surface area contributed by atoms with Gasteiger partial charge in [0, 0.05) is 91.8 Å². The molecule has 6 aromatic rings. The predicted octanol–water partition coefficient (Wildman–Crippen LogP) is 2.53. The number of aromatic carboxylic acids is 1. The van der Waals surface area contributed by atoms with Crippen molar-refractivity contribution in [3.05, 3.63) is 203 Å². The highest BCUT2D eigenvalue weighted by molar-refractivity contribution is 6.00. The number of carboxylic acids is 1. The number of hydrogen-bond donors (Lipinski definition) is 4. The average Bonchev–Trinajstić information content (AvgIpc) is 1.67. The van der Waals surface area contributed by atoms with Crippen LogP contribution in [0.15, 0.2) is 170 Å². The molecule has 87 heavy (non-hydrogen) atoms. The minimum absolute atomic E-state index is 0. The molecule has 14 rings (SSSR count). The maximum Gasteiger partial charge on any atom is 0.335 e.